The monoisotopic (exact) mass is 468 g/mol. The molecule has 1 aliphatic rings. The number of nitrogens with zero attached hydrogens (tertiary/aromatic N) is 6. The van der Waals surface area contributed by atoms with Crippen LogP contribution in [0.1, 0.15) is 30.5 Å². The minimum Gasteiger partial charge on any atom is -0.481 e. The van der Waals surface area contributed by atoms with E-state index < -0.39 is 5.97 Å². The lowest BCUT2D eigenvalue weighted by molar-refractivity contribution is -0.137. The van der Waals surface area contributed by atoms with Gasteiger partial charge in [-0.3, -0.25) is 9.78 Å². The average molecular weight is 469 g/mol. The number of tetrazole rings is 1. The number of carbonyl (C=O) groups is 2. The summed E-state index contributed by atoms with van der Waals surface area (Å²) in [5.74, 6) is -0.380. The van der Waals surface area contributed by atoms with Gasteiger partial charge in [-0.25, -0.2) is 9.48 Å². The minimum absolute atomic E-state index is 0.0347. The van der Waals surface area contributed by atoms with E-state index in [2.05, 4.69) is 20.5 Å². The first kappa shape index (κ1) is 22.7. The van der Waals surface area contributed by atoms with Crippen LogP contribution < -0.4 is 4.74 Å². The average Bonchev–Trinajstić information content (AvgIpc) is 3.27. The molecule has 1 N–H and O–H groups in total. The topological polar surface area (TPSA) is 123 Å². The molecule has 10 nitrogen and oxygen atoms in total. The van der Waals surface area contributed by atoms with Gasteiger partial charge >= 0.3 is 12.1 Å². The number of pyridine rings is 1. The second-order valence-corrected chi connectivity index (χ2v) is 8.91. The maximum atomic E-state index is 12.6. The van der Waals surface area contributed by atoms with Crippen LogP contribution >= 0.6 is 11.8 Å². The Bertz CT molecular complexity index is 1070. The van der Waals surface area contributed by atoms with Crippen molar-refractivity contribution < 1.29 is 19.4 Å². The molecular formula is C22H24N6O4S. The molecule has 2 aromatic heterocycles. The number of amides is 1. The van der Waals surface area contributed by atoms with Crippen LogP contribution in [0.15, 0.2) is 53.8 Å². The van der Waals surface area contributed by atoms with Gasteiger partial charge in [0.25, 0.3) is 0 Å². The third kappa shape index (κ3) is 6.51. The van der Waals surface area contributed by atoms with Crippen LogP contribution in [0.3, 0.4) is 0 Å². The van der Waals surface area contributed by atoms with Crippen molar-refractivity contribution in [2.45, 2.75) is 42.6 Å². The van der Waals surface area contributed by atoms with Gasteiger partial charge in [-0.05, 0) is 53.1 Å². The first-order valence-corrected chi connectivity index (χ1v) is 11.5. The van der Waals surface area contributed by atoms with Gasteiger partial charge < -0.3 is 14.7 Å². The quantitative estimate of drug-likeness (QED) is 0.531. The van der Waals surface area contributed by atoms with Crippen LogP contribution in [0.4, 0.5) is 4.79 Å². The van der Waals surface area contributed by atoms with Crippen molar-refractivity contribution in [2.24, 2.45) is 0 Å². The Balaban J connectivity index is 1.23. The Labute approximate surface area is 195 Å². The Morgan fingerprint density at radius 2 is 1.91 bits per heavy atom. The second kappa shape index (κ2) is 10.9. The summed E-state index contributed by atoms with van der Waals surface area (Å²) in [6.45, 7) is 1.38. The number of carboxylic acid groups (broad SMARTS) is 1. The minimum atomic E-state index is -0.892. The molecule has 33 heavy (non-hydrogen) atoms. The van der Waals surface area contributed by atoms with Crippen molar-refractivity contribution in [1.82, 2.24) is 30.1 Å². The zero-order valence-corrected chi connectivity index (χ0v) is 18.7. The normalized spacial score (nSPS) is 14.2. The zero-order chi connectivity index (χ0) is 23.0. The summed E-state index contributed by atoms with van der Waals surface area (Å²) in [7, 11) is 0. The smallest absolute Gasteiger partial charge is 0.415 e. The van der Waals surface area contributed by atoms with Crippen molar-refractivity contribution >= 4 is 23.8 Å². The van der Waals surface area contributed by atoms with Gasteiger partial charge in [0.2, 0.25) is 5.16 Å². The van der Waals surface area contributed by atoms with Crippen molar-refractivity contribution in [1.29, 1.82) is 0 Å². The van der Waals surface area contributed by atoms with E-state index in [1.807, 2.05) is 30.3 Å². The fourth-order valence-electron chi connectivity index (χ4n) is 3.48. The molecule has 3 aromatic rings. The largest absolute Gasteiger partial charge is 0.481 e. The van der Waals surface area contributed by atoms with Crippen molar-refractivity contribution in [3.8, 4) is 5.75 Å². The number of aryl methyl sites for hydroxylation is 1. The Hall–Kier alpha value is -3.47. The van der Waals surface area contributed by atoms with E-state index in [1.165, 1.54) is 16.4 Å². The molecule has 0 bridgehead atoms. The first-order valence-electron chi connectivity index (χ1n) is 10.7. The van der Waals surface area contributed by atoms with Gasteiger partial charge in [-0.1, -0.05) is 30.0 Å². The Morgan fingerprint density at radius 3 is 2.61 bits per heavy atom. The number of piperidine rings is 1. The van der Waals surface area contributed by atoms with E-state index in [1.54, 1.807) is 23.2 Å². The number of rotatable bonds is 8. The molecule has 0 aliphatic carbocycles. The third-order valence-corrected chi connectivity index (χ3v) is 6.56. The number of benzene rings is 1. The standard InChI is InChI=1S/C22H24N6O4S/c29-20(30)10-14-28-21(24-25-26-28)33-19-8-12-27(13-9-19)22(31)32-18-6-4-16(5-7-18)15-17-3-1-2-11-23-17/h1-7,11,19H,8-10,12-15H2,(H,29,30). The predicted molar refractivity (Wildman–Crippen MR) is 120 cm³/mol. The fourth-order valence-corrected chi connectivity index (χ4v) is 4.56. The van der Waals surface area contributed by atoms with E-state index >= 15 is 0 Å². The van der Waals surface area contributed by atoms with E-state index in [9.17, 15) is 9.59 Å². The highest BCUT2D eigenvalue weighted by Crippen LogP contribution is 2.29. The number of hydrogen-bond acceptors (Lipinski definition) is 8. The number of carboxylic acids is 1. The van der Waals surface area contributed by atoms with Gasteiger partial charge in [-0.15, -0.1) is 5.10 Å². The number of aromatic nitrogens is 5. The van der Waals surface area contributed by atoms with E-state index in [0.717, 1.165) is 30.5 Å². The van der Waals surface area contributed by atoms with Crippen LogP contribution in [0, 0.1) is 0 Å². The predicted octanol–water partition coefficient (Wildman–Crippen LogP) is 2.89. The molecule has 1 fully saturated rings. The highest BCUT2D eigenvalue weighted by atomic mass is 32.2. The lowest BCUT2D eigenvalue weighted by Gasteiger charge is -2.30. The van der Waals surface area contributed by atoms with Crippen molar-refractivity contribution in [3.63, 3.8) is 0 Å². The maximum Gasteiger partial charge on any atom is 0.415 e. The molecule has 1 saturated heterocycles. The number of carbonyl (C=O) groups excluding carboxylic acids is 1. The van der Waals surface area contributed by atoms with Crippen molar-refractivity contribution in [3.05, 3.63) is 59.9 Å². The molecule has 11 heteroatoms. The van der Waals surface area contributed by atoms with E-state index in [0.29, 0.717) is 24.0 Å². The van der Waals surface area contributed by atoms with Gasteiger partial charge in [0.05, 0.1) is 13.0 Å². The molecule has 1 aliphatic heterocycles. The highest BCUT2D eigenvalue weighted by Gasteiger charge is 2.26. The molecule has 1 aromatic carbocycles. The summed E-state index contributed by atoms with van der Waals surface area (Å²) < 4.78 is 7.06. The zero-order valence-electron chi connectivity index (χ0n) is 17.9. The Morgan fingerprint density at radius 1 is 1.12 bits per heavy atom. The molecule has 0 unspecified atom stereocenters. The van der Waals surface area contributed by atoms with E-state index in [4.69, 9.17) is 9.84 Å². The summed E-state index contributed by atoms with van der Waals surface area (Å²) in [6, 6.07) is 13.3. The molecule has 172 valence electrons. The molecule has 4 rings (SSSR count). The van der Waals surface area contributed by atoms with Gasteiger partial charge in [0, 0.05) is 36.7 Å². The number of thioether (sulfide) groups is 1. The highest BCUT2D eigenvalue weighted by molar-refractivity contribution is 7.99. The maximum absolute atomic E-state index is 12.6. The fraction of sp³-hybridized carbons (Fsp3) is 0.364. The molecule has 0 radical (unpaired) electrons. The number of aliphatic carboxylic acids is 1. The van der Waals surface area contributed by atoms with Crippen molar-refractivity contribution in [2.75, 3.05) is 13.1 Å². The van der Waals surface area contributed by atoms with Crippen LogP contribution in [0.2, 0.25) is 0 Å². The molecule has 3 heterocycles. The van der Waals surface area contributed by atoms with Crippen LogP contribution in [0.5, 0.6) is 5.75 Å². The summed E-state index contributed by atoms with van der Waals surface area (Å²) >= 11 is 1.52. The van der Waals surface area contributed by atoms with Crippen LogP contribution in [-0.2, 0) is 17.8 Å². The number of hydrogen-bond donors (Lipinski definition) is 1. The first-order chi connectivity index (χ1) is 16.1. The molecule has 1 amide bonds. The molecule has 0 atom stereocenters. The van der Waals surface area contributed by atoms with Gasteiger partial charge in [0.1, 0.15) is 5.75 Å². The molecule has 0 saturated carbocycles. The van der Waals surface area contributed by atoms with Gasteiger partial charge in [0.15, 0.2) is 0 Å². The summed E-state index contributed by atoms with van der Waals surface area (Å²) in [6.07, 6.45) is 3.65. The molecular weight excluding hydrogens is 444 g/mol. The Kier molecular flexibility index (Phi) is 7.51. The molecule has 0 spiro atoms. The number of likely N-dealkylation sites (tertiary alicyclic amines) is 1. The number of ether oxygens (including phenoxy) is 1. The third-order valence-electron chi connectivity index (χ3n) is 5.25. The summed E-state index contributed by atoms with van der Waals surface area (Å²) in [5, 5.41) is 21.2. The van der Waals surface area contributed by atoms with Crippen LogP contribution in [-0.4, -0.2) is 65.6 Å². The lowest BCUT2D eigenvalue weighted by Crippen LogP contribution is -2.41. The summed E-state index contributed by atoms with van der Waals surface area (Å²) in [5.41, 5.74) is 2.08. The summed E-state index contributed by atoms with van der Waals surface area (Å²) in [4.78, 5) is 29.4. The lowest BCUT2D eigenvalue weighted by atomic mass is 10.1. The van der Waals surface area contributed by atoms with Crippen LogP contribution in [0.25, 0.3) is 0 Å². The second-order valence-electron chi connectivity index (χ2n) is 7.64. The van der Waals surface area contributed by atoms with E-state index in [-0.39, 0.29) is 24.3 Å². The van der Waals surface area contributed by atoms with Gasteiger partial charge in [-0.2, -0.15) is 0 Å². The SMILES string of the molecule is O=C(O)CCn1nnnc1SC1CCN(C(=O)Oc2ccc(Cc3ccccn3)cc2)CC1.